The van der Waals surface area contributed by atoms with Crippen LogP contribution in [-0.2, 0) is 16.0 Å². The number of ether oxygens (including phenoxy) is 1. The Hall–Kier alpha value is -4.20. The van der Waals surface area contributed by atoms with Crippen LogP contribution in [0, 0.1) is 5.82 Å². The zero-order valence-corrected chi connectivity index (χ0v) is 18.2. The minimum Gasteiger partial charge on any atom is -0.497 e. The number of nitrogens with one attached hydrogen (secondary N) is 3. The van der Waals surface area contributed by atoms with E-state index in [1.165, 1.54) is 19.1 Å². The van der Waals surface area contributed by atoms with E-state index in [0.717, 1.165) is 11.1 Å². The van der Waals surface area contributed by atoms with Crippen molar-refractivity contribution in [3.63, 3.8) is 0 Å². The number of benzene rings is 3. The predicted octanol–water partition coefficient (Wildman–Crippen LogP) is 4.06. The quantitative estimate of drug-likeness (QED) is 0.399. The summed E-state index contributed by atoms with van der Waals surface area (Å²) in [6.45, 7) is 1.37. The lowest BCUT2D eigenvalue weighted by Gasteiger charge is -2.18. The summed E-state index contributed by atoms with van der Waals surface area (Å²) in [7, 11) is 1.57. The Labute approximate surface area is 190 Å². The van der Waals surface area contributed by atoms with E-state index >= 15 is 0 Å². The van der Waals surface area contributed by atoms with E-state index in [-0.39, 0.29) is 17.6 Å². The van der Waals surface area contributed by atoms with Crippen LogP contribution < -0.4 is 15.4 Å². The van der Waals surface area contributed by atoms with Crippen molar-refractivity contribution in [1.82, 2.24) is 15.3 Å². The fraction of sp³-hybridized carbons (Fsp3) is 0.160. The molecule has 33 heavy (non-hydrogen) atoms. The van der Waals surface area contributed by atoms with E-state index in [9.17, 15) is 14.0 Å². The topological polar surface area (TPSA) is 96.1 Å². The predicted molar refractivity (Wildman–Crippen MR) is 124 cm³/mol. The first-order chi connectivity index (χ1) is 15.9. The molecule has 0 bridgehead atoms. The van der Waals surface area contributed by atoms with Crippen LogP contribution in [0.3, 0.4) is 0 Å². The number of hydrogen-bond acceptors (Lipinski definition) is 4. The summed E-state index contributed by atoms with van der Waals surface area (Å²) in [5, 5.41) is 5.55. The molecule has 1 heterocycles. The Morgan fingerprint density at radius 1 is 1.09 bits per heavy atom. The largest absolute Gasteiger partial charge is 0.497 e. The molecule has 3 aromatic carbocycles. The molecule has 8 heteroatoms. The molecule has 0 radical (unpaired) electrons. The van der Waals surface area contributed by atoms with Crippen molar-refractivity contribution >= 4 is 28.5 Å². The van der Waals surface area contributed by atoms with Crippen molar-refractivity contribution in [2.75, 3.05) is 12.4 Å². The number of aromatic nitrogens is 2. The molecule has 0 saturated heterocycles. The minimum atomic E-state index is -0.750. The van der Waals surface area contributed by atoms with Crippen LogP contribution in [0.25, 0.3) is 22.4 Å². The van der Waals surface area contributed by atoms with Crippen LogP contribution in [0.5, 0.6) is 5.75 Å². The molecule has 0 saturated carbocycles. The summed E-state index contributed by atoms with van der Waals surface area (Å²) < 4.78 is 18.7. The van der Waals surface area contributed by atoms with Gasteiger partial charge in [-0.25, -0.2) is 9.37 Å². The summed E-state index contributed by atoms with van der Waals surface area (Å²) in [4.78, 5) is 32.1. The van der Waals surface area contributed by atoms with Gasteiger partial charge in [0.1, 0.15) is 23.4 Å². The minimum absolute atomic E-state index is 0.297. The summed E-state index contributed by atoms with van der Waals surface area (Å²) in [5.41, 5.74) is 3.50. The van der Waals surface area contributed by atoms with Gasteiger partial charge in [-0.1, -0.05) is 12.1 Å². The number of rotatable bonds is 7. The normalized spacial score (nSPS) is 11.7. The first kappa shape index (κ1) is 22.0. The number of anilines is 1. The third-order valence-electron chi connectivity index (χ3n) is 5.14. The number of nitrogens with zero attached hydrogens (tertiary/aromatic N) is 1. The zero-order chi connectivity index (χ0) is 23.4. The van der Waals surface area contributed by atoms with Gasteiger partial charge in [0.05, 0.1) is 18.1 Å². The molecule has 0 spiro atoms. The highest BCUT2D eigenvalue weighted by atomic mass is 19.1. The van der Waals surface area contributed by atoms with Crippen molar-refractivity contribution in [2.45, 2.75) is 19.4 Å². The Morgan fingerprint density at radius 3 is 2.61 bits per heavy atom. The smallest absolute Gasteiger partial charge is 0.247 e. The molecule has 3 N–H and O–H groups in total. The molecule has 2 amide bonds. The fourth-order valence-electron chi connectivity index (χ4n) is 3.55. The van der Waals surface area contributed by atoms with Gasteiger partial charge in [-0.15, -0.1) is 0 Å². The Balaban J connectivity index is 1.48. The number of H-pyrrole nitrogens is 1. The molecule has 1 atom stereocenters. The van der Waals surface area contributed by atoms with Gasteiger partial charge in [0, 0.05) is 24.6 Å². The second-order valence-corrected chi connectivity index (χ2v) is 7.62. The van der Waals surface area contributed by atoms with Crippen molar-refractivity contribution < 1.29 is 18.7 Å². The van der Waals surface area contributed by atoms with E-state index in [4.69, 9.17) is 4.74 Å². The number of aromatic amines is 1. The number of hydrogen-bond donors (Lipinski definition) is 3. The van der Waals surface area contributed by atoms with E-state index in [0.29, 0.717) is 34.7 Å². The lowest BCUT2D eigenvalue weighted by molar-refractivity contribution is -0.125. The Bertz CT molecular complexity index is 1300. The molecule has 4 aromatic rings. The Kier molecular flexibility index (Phi) is 6.35. The van der Waals surface area contributed by atoms with Gasteiger partial charge >= 0.3 is 0 Å². The molecular formula is C25H23FN4O3. The standard InChI is InChI=1S/C25H23FN4O3/c1-15(31)27-23(13-16-4-3-5-20(12-16)33-2)25(32)28-19-9-6-17(7-10-19)24-29-21-11-8-18(26)14-22(21)30-24/h3-12,14,23H,13H2,1-2H3,(H,27,31)(H,28,32)(H,29,30). The second kappa shape index (κ2) is 9.52. The lowest BCUT2D eigenvalue weighted by Crippen LogP contribution is -2.44. The van der Waals surface area contributed by atoms with E-state index in [2.05, 4.69) is 20.6 Å². The molecule has 0 fully saturated rings. The molecule has 168 valence electrons. The van der Waals surface area contributed by atoms with Crippen molar-refractivity contribution in [2.24, 2.45) is 0 Å². The maximum atomic E-state index is 13.4. The molecular weight excluding hydrogens is 423 g/mol. The molecule has 1 aromatic heterocycles. The number of amides is 2. The summed E-state index contributed by atoms with van der Waals surface area (Å²) in [5.74, 6) is 0.314. The molecule has 0 aliphatic carbocycles. The highest BCUT2D eigenvalue weighted by Gasteiger charge is 2.20. The molecule has 4 rings (SSSR count). The monoisotopic (exact) mass is 446 g/mol. The first-order valence-electron chi connectivity index (χ1n) is 10.4. The van der Waals surface area contributed by atoms with Gasteiger partial charge in [-0.2, -0.15) is 0 Å². The van der Waals surface area contributed by atoms with Crippen molar-refractivity contribution in [1.29, 1.82) is 0 Å². The van der Waals surface area contributed by atoms with Gasteiger partial charge in [0.15, 0.2) is 0 Å². The van der Waals surface area contributed by atoms with Crippen molar-refractivity contribution in [3.05, 3.63) is 78.1 Å². The highest BCUT2D eigenvalue weighted by molar-refractivity contribution is 5.97. The van der Waals surface area contributed by atoms with Gasteiger partial charge in [-0.3, -0.25) is 9.59 Å². The van der Waals surface area contributed by atoms with Gasteiger partial charge in [-0.05, 0) is 60.2 Å². The summed E-state index contributed by atoms with van der Waals surface area (Å²) in [6.07, 6.45) is 0.316. The number of imidazole rings is 1. The molecule has 0 aliphatic rings. The van der Waals surface area contributed by atoms with Gasteiger partial charge in [0.25, 0.3) is 0 Å². The zero-order valence-electron chi connectivity index (χ0n) is 18.2. The molecule has 1 unspecified atom stereocenters. The van der Waals surface area contributed by atoms with Crippen LogP contribution in [0.2, 0.25) is 0 Å². The average Bonchev–Trinajstić information content (AvgIpc) is 3.22. The highest BCUT2D eigenvalue weighted by Crippen LogP contribution is 2.23. The number of fused-ring (bicyclic) bond motifs is 1. The third kappa shape index (κ3) is 5.35. The van der Waals surface area contributed by atoms with Crippen LogP contribution in [0.1, 0.15) is 12.5 Å². The third-order valence-corrected chi connectivity index (χ3v) is 5.14. The van der Waals surface area contributed by atoms with Crippen LogP contribution >= 0.6 is 0 Å². The Morgan fingerprint density at radius 2 is 1.88 bits per heavy atom. The second-order valence-electron chi connectivity index (χ2n) is 7.62. The van der Waals surface area contributed by atoms with Gasteiger partial charge in [0.2, 0.25) is 11.8 Å². The molecule has 0 aliphatic heterocycles. The van der Waals surface area contributed by atoms with Crippen LogP contribution in [-0.4, -0.2) is 34.9 Å². The van der Waals surface area contributed by atoms with E-state index in [1.807, 2.05) is 24.3 Å². The van der Waals surface area contributed by atoms with E-state index in [1.54, 1.807) is 37.4 Å². The number of halogens is 1. The van der Waals surface area contributed by atoms with Gasteiger partial charge < -0.3 is 20.4 Å². The lowest BCUT2D eigenvalue weighted by atomic mass is 10.0. The first-order valence-corrected chi connectivity index (χ1v) is 10.4. The number of methoxy groups -OCH3 is 1. The van der Waals surface area contributed by atoms with E-state index < -0.39 is 6.04 Å². The summed E-state index contributed by atoms with van der Waals surface area (Å²) >= 11 is 0. The molecule has 7 nitrogen and oxygen atoms in total. The average molecular weight is 446 g/mol. The maximum absolute atomic E-state index is 13.4. The fourth-order valence-corrected chi connectivity index (χ4v) is 3.55. The summed E-state index contributed by atoms with van der Waals surface area (Å²) in [6, 6.07) is 18.1. The number of carbonyl (C=O) groups is 2. The number of carbonyl (C=O) groups excluding carboxylic acids is 2. The SMILES string of the molecule is COc1cccc(CC(NC(C)=O)C(=O)Nc2ccc(-c3nc4ccc(F)cc4[nH]3)cc2)c1. The van der Waals surface area contributed by atoms with Crippen LogP contribution in [0.4, 0.5) is 10.1 Å². The van der Waals surface area contributed by atoms with Crippen molar-refractivity contribution in [3.8, 4) is 17.1 Å². The maximum Gasteiger partial charge on any atom is 0.247 e. The van der Waals surface area contributed by atoms with Crippen LogP contribution in [0.15, 0.2) is 66.7 Å².